The number of hydrogen-bond donors (Lipinski definition) is 2. The molecule has 2 N–H and O–H groups in total. The molecule has 0 radical (unpaired) electrons. The zero-order chi connectivity index (χ0) is 13.8. The van der Waals surface area contributed by atoms with Crippen LogP contribution in [0.25, 0.3) is 0 Å². The highest BCUT2D eigenvalue weighted by Gasteiger charge is 2.09. The Balaban J connectivity index is 2.05. The predicted octanol–water partition coefficient (Wildman–Crippen LogP) is 2.89. The summed E-state index contributed by atoms with van der Waals surface area (Å²) >= 11 is 6.39. The van der Waals surface area contributed by atoms with Crippen LogP contribution in [0.1, 0.15) is 5.56 Å². The van der Waals surface area contributed by atoms with Gasteiger partial charge in [0.15, 0.2) is 5.82 Å². The summed E-state index contributed by atoms with van der Waals surface area (Å²) in [4.78, 5) is 19.9. The van der Waals surface area contributed by atoms with Gasteiger partial charge in [0.05, 0.1) is 12.6 Å². The standard InChI is InChI=1S/C12H9Br2N3O2/c13-9-6-15-12(11(14)16-9)17-10(19)5-7-2-1-3-8(18)4-7/h1-4,6,18H,5H2,(H,15,17,19). The first-order valence-corrected chi connectivity index (χ1v) is 6.89. The van der Waals surface area contributed by atoms with Crippen LogP contribution in [0.2, 0.25) is 0 Å². The minimum absolute atomic E-state index is 0.134. The molecular formula is C12H9Br2N3O2. The van der Waals surface area contributed by atoms with E-state index in [1.807, 2.05) is 0 Å². The molecule has 0 saturated heterocycles. The Morgan fingerprint density at radius 2 is 2.16 bits per heavy atom. The Kier molecular flexibility index (Phi) is 4.49. The Morgan fingerprint density at radius 1 is 1.37 bits per heavy atom. The molecule has 7 heteroatoms. The number of phenolic OH excluding ortho intramolecular Hbond substituents is 1. The first-order valence-electron chi connectivity index (χ1n) is 5.30. The van der Waals surface area contributed by atoms with E-state index in [1.54, 1.807) is 24.3 Å². The highest BCUT2D eigenvalue weighted by Crippen LogP contribution is 2.19. The summed E-state index contributed by atoms with van der Waals surface area (Å²) in [6.07, 6.45) is 1.65. The van der Waals surface area contributed by atoms with Gasteiger partial charge >= 0.3 is 0 Å². The van der Waals surface area contributed by atoms with Gasteiger partial charge in [-0.1, -0.05) is 12.1 Å². The molecule has 5 nitrogen and oxygen atoms in total. The minimum Gasteiger partial charge on any atom is -0.508 e. The molecule has 1 aromatic heterocycles. The van der Waals surface area contributed by atoms with Gasteiger partial charge in [0, 0.05) is 0 Å². The summed E-state index contributed by atoms with van der Waals surface area (Å²) in [5.41, 5.74) is 0.721. The van der Waals surface area contributed by atoms with Crippen LogP contribution in [0.3, 0.4) is 0 Å². The monoisotopic (exact) mass is 385 g/mol. The second-order valence-corrected chi connectivity index (χ2v) is 5.29. The van der Waals surface area contributed by atoms with Gasteiger partial charge < -0.3 is 10.4 Å². The Labute approximate surface area is 126 Å². The Bertz CT molecular complexity index is 620. The molecule has 1 aromatic carbocycles. The van der Waals surface area contributed by atoms with Gasteiger partial charge in [-0.2, -0.15) is 0 Å². The normalized spacial score (nSPS) is 10.2. The van der Waals surface area contributed by atoms with Crippen molar-refractivity contribution in [1.82, 2.24) is 9.97 Å². The van der Waals surface area contributed by atoms with Crippen molar-refractivity contribution in [2.45, 2.75) is 6.42 Å². The summed E-state index contributed by atoms with van der Waals surface area (Å²) in [5, 5.41) is 12.0. The number of carbonyl (C=O) groups is 1. The third-order valence-electron chi connectivity index (χ3n) is 2.23. The highest BCUT2D eigenvalue weighted by molar-refractivity contribution is 9.11. The lowest BCUT2D eigenvalue weighted by atomic mass is 10.1. The van der Waals surface area contributed by atoms with Crippen molar-refractivity contribution >= 4 is 43.6 Å². The highest BCUT2D eigenvalue weighted by atomic mass is 79.9. The second kappa shape index (κ2) is 6.12. The largest absolute Gasteiger partial charge is 0.508 e. The van der Waals surface area contributed by atoms with Crippen LogP contribution in [-0.4, -0.2) is 21.0 Å². The van der Waals surface area contributed by atoms with Gasteiger partial charge in [0.2, 0.25) is 5.91 Å². The van der Waals surface area contributed by atoms with E-state index in [2.05, 4.69) is 47.1 Å². The molecule has 98 valence electrons. The number of aromatic hydroxyl groups is 1. The lowest BCUT2D eigenvalue weighted by Gasteiger charge is -2.06. The first kappa shape index (κ1) is 14.0. The average Bonchev–Trinajstić information content (AvgIpc) is 2.33. The maximum absolute atomic E-state index is 11.8. The van der Waals surface area contributed by atoms with E-state index >= 15 is 0 Å². The van der Waals surface area contributed by atoms with E-state index in [-0.39, 0.29) is 18.1 Å². The number of halogens is 2. The fourth-order valence-electron chi connectivity index (χ4n) is 1.46. The summed E-state index contributed by atoms with van der Waals surface area (Å²) in [7, 11) is 0. The maximum atomic E-state index is 11.8. The van der Waals surface area contributed by atoms with E-state index in [4.69, 9.17) is 0 Å². The lowest BCUT2D eigenvalue weighted by molar-refractivity contribution is -0.115. The van der Waals surface area contributed by atoms with Gasteiger partial charge in [-0.3, -0.25) is 4.79 Å². The number of nitrogens with one attached hydrogen (secondary N) is 1. The topological polar surface area (TPSA) is 75.1 Å². The molecule has 0 aliphatic rings. The zero-order valence-electron chi connectivity index (χ0n) is 9.60. The number of phenols is 1. The van der Waals surface area contributed by atoms with E-state index in [0.717, 1.165) is 5.56 Å². The Hall–Kier alpha value is -1.47. The number of benzene rings is 1. The van der Waals surface area contributed by atoms with Crippen molar-refractivity contribution in [2.75, 3.05) is 5.32 Å². The third-order valence-corrected chi connectivity index (χ3v) is 3.17. The van der Waals surface area contributed by atoms with Crippen molar-refractivity contribution < 1.29 is 9.90 Å². The molecule has 0 atom stereocenters. The summed E-state index contributed by atoms with van der Waals surface area (Å²) < 4.78 is 1.02. The molecule has 2 aromatic rings. The number of hydrogen-bond acceptors (Lipinski definition) is 4. The van der Waals surface area contributed by atoms with E-state index in [9.17, 15) is 9.90 Å². The first-order chi connectivity index (χ1) is 9.04. The van der Waals surface area contributed by atoms with Crippen LogP contribution in [0.5, 0.6) is 5.75 Å². The maximum Gasteiger partial charge on any atom is 0.230 e. The van der Waals surface area contributed by atoms with Gasteiger partial charge in [-0.15, -0.1) is 0 Å². The Morgan fingerprint density at radius 3 is 2.84 bits per heavy atom. The molecule has 0 fully saturated rings. The molecule has 1 amide bonds. The van der Waals surface area contributed by atoms with Crippen molar-refractivity contribution in [3.05, 3.63) is 45.2 Å². The SMILES string of the molecule is O=C(Cc1cccc(O)c1)Nc1ncc(Br)nc1Br. The van der Waals surface area contributed by atoms with E-state index in [1.165, 1.54) is 6.20 Å². The van der Waals surface area contributed by atoms with Gasteiger partial charge in [0.25, 0.3) is 0 Å². The fraction of sp³-hybridized carbons (Fsp3) is 0.0833. The van der Waals surface area contributed by atoms with Crippen molar-refractivity contribution in [3.63, 3.8) is 0 Å². The summed E-state index contributed by atoms with van der Waals surface area (Å²) in [6, 6.07) is 6.55. The van der Waals surface area contributed by atoms with E-state index in [0.29, 0.717) is 15.0 Å². The smallest absolute Gasteiger partial charge is 0.230 e. The molecule has 19 heavy (non-hydrogen) atoms. The molecular weight excluding hydrogens is 378 g/mol. The van der Waals surface area contributed by atoms with Crippen LogP contribution < -0.4 is 5.32 Å². The molecule has 1 heterocycles. The van der Waals surface area contributed by atoms with Gasteiger partial charge in [-0.05, 0) is 49.6 Å². The number of rotatable bonds is 3. The van der Waals surface area contributed by atoms with Crippen molar-refractivity contribution in [1.29, 1.82) is 0 Å². The summed E-state index contributed by atoms with van der Waals surface area (Å²) in [6.45, 7) is 0. The number of amides is 1. The van der Waals surface area contributed by atoms with Crippen LogP contribution in [-0.2, 0) is 11.2 Å². The minimum atomic E-state index is -0.233. The number of anilines is 1. The molecule has 0 unspecified atom stereocenters. The lowest BCUT2D eigenvalue weighted by Crippen LogP contribution is -2.16. The van der Waals surface area contributed by atoms with Crippen molar-refractivity contribution in [2.24, 2.45) is 0 Å². The average molecular weight is 387 g/mol. The number of aromatic nitrogens is 2. The van der Waals surface area contributed by atoms with Gasteiger partial charge in [-0.25, -0.2) is 9.97 Å². The van der Waals surface area contributed by atoms with Gasteiger partial charge in [0.1, 0.15) is 15.0 Å². The molecule has 0 spiro atoms. The molecule has 0 aliphatic heterocycles. The molecule has 0 bridgehead atoms. The van der Waals surface area contributed by atoms with E-state index < -0.39 is 0 Å². The molecule has 2 rings (SSSR count). The quantitative estimate of drug-likeness (QED) is 0.850. The molecule has 0 saturated carbocycles. The second-order valence-electron chi connectivity index (χ2n) is 3.73. The fourth-order valence-corrected chi connectivity index (χ4v) is 2.37. The van der Waals surface area contributed by atoms with Crippen molar-refractivity contribution in [3.8, 4) is 5.75 Å². The number of carbonyl (C=O) groups excluding carboxylic acids is 1. The van der Waals surface area contributed by atoms with Crippen LogP contribution in [0.15, 0.2) is 39.7 Å². The van der Waals surface area contributed by atoms with Crippen LogP contribution >= 0.6 is 31.9 Å². The predicted molar refractivity (Wildman–Crippen MR) is 77.9 cm³/mol. The van der Waals surface area contributed by atoms with Crippen LogP contribution in [0.4, 0.5) is 5.82 Å². The zero-order valence-corrected chi connectivity index (χ0v) is 12.8. The summed E-state index contributed by atoms with van der Waals surface area (Å²) in [5.74, 6) is 0.256. The number of nitrogens with zero attached hydrogens (tertiary/aromatic N) is 2. The third kappa shape index (κ3) is 4.00. The molecule has 0 aliphatic carbocycles. The van der Waals surface area contributed by atoms with Crippen LogP contribution in [0, 0.1) is 0 Å².